The molecule has 0 N–H and O–H groups in total. The third-order valence-electron chi connectivity index (χ3n) is 5.72. The summed E-state index contributed by atoms with van der Waals surface area (Å²) in [5.41, 5.74) is 3.04. The van der Waals surface area contributed by atoms with Gasteiger partial charge in [0.15, 0.2) is 4.87 Å². The maximum absolute atomic E-state index is 13.9. The van der Waals surface area contributed by atoms with Gasteiger partial charge in [-0.2, -0.15) is 0 Å². The fraction of sp³-hybridized carbons (Fsp3) is 0.167. The van der Waals surface area contributed by atoms with Crippen LogP contribution in [0.5, 0.6) is 0 Å². The Bertz CT molecular complexity index is 1180. The van der Waals surface area contributed by atoms with Crippen LogP contribution in [0, 0.1) is 0 Å². The monoisotopic (exact) mass is 468 g/mol. The zero-order valence-electron chi connectivity index (χ0n) is 16.4. The standard InChI is InChI=1S/C24H18Cl2N2O2S/c25-18-11-9-16(10-12-18)22(29)28-13-14-31-24(28)19-6-2-4-8-21(19)27(23(24)30)15-17-5-1-3-7-20(17)26/h1-12H,13-15H2. The predicted octanol–water partition coefficient (Wildman–Crippen LogP) is 5.58. The first kappa shape index (κ1) is 20.4. The average molecular weight is 469 g/mol. The number of amides is 2. The van der Waals surface area contributed by atoms with Crippen LogP contribution in [0.2, 0.25) is 10.0 Å². The van der Waals surface area contributed by atoms with Gasteiger partial charge in [-0.1, -0.05) is 59.6 Å². The number of benzene rings is 3. The minimum Gasteiger partial charge on any atom is -0.311 e. The number of para-hydroxylation sites is 1. The SMILES string of the molecule is O=C(c1ccc(Cl)cc1)N1CCSC12C(=O)N(Cc1ccccc1Cl)c1ccccc12. The highest BCUT2D eigenvalue weighted by Gasteiger charge is 2.59. The molecule has 4 nitrogen and oxygen atoms in total. The number of nitrogens with zero attached hydrogens (tertiary/aromatic N) is 2. The highest BCUT2D eigenvalue weighted by molar-refractivity contribution is 8.01. The molecule has 3 aromatic rings. The molecule has 2 aliphatic rings. The van der Waals surface area contributed by atoms with Gasteiger partial charge < -0.3 is 9.80 Å². The number of hydrogen-bond acceptors (Lipinski definition) is 3. The number of carbonyl (C=O) groups is 2. The van der Waals surface area contributed by atoms with Crippen molar-refractivity contribution in [3.8, 4) is 0 Å². The van der Waals surface area contributed by atoms with Gasteiger partial charge in [0.05, 0.1) is 12.2 Å². The van der Waals surface area contributed by atoms with Crippen molar-refractivity contribution < 1.29 is 9.59 Å². The van der Waals surface area contributed by atoms with Gasteiger partial charge in [0.25, 0.3) is 11.8 Å². The number of fused-ring (bicyclic) bond motifs is 2. The van der Waals surface area contributed by atoms with E-state index < -0.39 is 4.87 Å². The lowest BCUT2D eigenvalue weighted by molar-refractivity contribution is -0.123. The fourth-order valence-corrected chi connectivity index (χ4v) is 6.05. The van der Waals surface area contributed by atoms with Crippen LogP contribution in [0.25, 0.3) is 0 Å². The molecule has 1 atom stereocenters. The molecule has 2 amide bonds. The van der Waals surface area contributed by atoms with Gasteiger partial charge in [-0.3, -0.25) is 9.59 Å². The normalized spacial score (nSPS) is 19.9. The van der Waals surface area contributed by atoms with Crippen LogP contribution in [0.4, 0.5) is 5.69 Å². The van der Waals surface area contributed by atoms with Crippen molar-refractivity contribution >= 4 is 52.5 Å². The van der Waals surface area contributed by atoms with E-state index in [9.17, 15) is 9.59 Å². The molecule has 1 saturated heterocycles. The van der Waals surface area contributed by atoms with Crippen molar-refractivity contribution in [1.29, 1.82) is 0 Å². The number of halogens is 2. The Morgan fingerprint density at radius 2 is 1.68 bits per heavy atom. The van der Waals surface area contributed by atoms with E-state index in [1.54, 1.807) is 34.1 Å². The van der Waals surface area contributed by atoms with Crippen LogP contribution in [-0.2, 0) is 16.2 Å². The third kappa shape index (κ3) is 3.23. The molecule has 2 heterocycles. The van der Waals surface area contributed by atoms with Gasteiger partial charge in [0.1, 0.15) is 0 Å². The number of anilines is 1. The number of hydrogen-bond donors (Lipinski definition) is 0. The molecule has 0 radical (unpaired) electrons. The van der Waals surface area contributed by atoms with E-state index in [0.29, 0.717) is 34.5 Å². The zero-order chi connectivity index (χ0) is 21.6. The van der Waals surface area contributed by atoms with Crippen LogP contribution >= 0.6 is 35.0 Å². The van der Waals surface area contributed by atoms with E-state index >= 15 is 0 Å². The molecule has 5 rings (SSSR count). The second kappa shape index (κ2) is 7.90. The summed E-state index contributed by atoms with van der Waals surface area (Å²) in [6.07, 6.45) is 0. The fourth-order valence-electron chi connectivity index (χ4n) is 4.27. The van der Waals surface area contributed by atoms with Crippen LogP contribution in [-0.4, -0.2) is 29.0 Å². The molecule has 156 valence electrons. The molecule has 0 saturated carbocycles. The topological polar surface area (TPSA) is 40.6 Å². The molecule has 1 fully saturated rings. The largest absolute Gasteiger partial charge is 0.311 e. The van der Waals surface area contributed by atoms with Gasteiger partial charge in [0.2, 0.25) is 0 Å². The highest BCUT2D eigenvalue weighted by atomic mass is 35.5. The van der Waals surface area contributed by atoms with Crippen LogP contribution in [0.3, 0.4) is 0 Å². The van der Waals surface area contributed by atoms with Crippen molar-refractivity contribution in [1.82, 2.24) is 4.90 Å². The van der Waals surface area contributed by atoms with Crippen LogP contribution < -0.4 is 4.90 Å². The average Bonchev–Trinajstić information content (AvgIpc) is 3.32. The molecule has 0 bridgehead atoms. The van der Waals surface area contributed by atoms with Crippen molar-refractivity contribution in [3.05, 3.63) is 99.5 Å². The molecule has 2 aliphatic heterocycles. The molecule has 1 spiro atoms. The lowest BCUT2D eigenvalue weighted by atomic mass is 10.0. The Morgan fingerprint density at radius 3 is 2.45 bits per heavy atom. The summed E-state index contributed by atoms with van der Waals surface area (Å²) < 4.78 is 0. The van der Waals surface area contributed by atoms with E-state index in [1.165, 1.54) is 11.8 Å². The van der Waals surface area contributed by atoms with Crippen LogP contribution in [0.1, 0.15) is 21.5 Å². The second-order valence-corrected chi connectivity index (χ2v) is 9.59. The summed E-state index contributed by atoms with van der Waals surface area (Å²) >= 11 is 13.9. The highest BCUT2D eigenvalue weighted by Crippen LogP contribution is 2.54. The summed E-state index contributed by atoms with van der Waals surface area (Å²) in [7, 11) is 0. The molecular formula is C24H18Cl2N2O2S. The molecular weight excluding hydrogens is 451 g/mol. The number of carbonyl (C=O) groups excluding carboxylic acids is 2. The van der Waals surface area contributed by atoms with Crippen molar-refractivity contribution in [2.75, 3.05) is 17.2 Å². The van der Waals surface area contributed by atoms with Crippen molar-refractivity contribution in [2.24, 2.45) is 0 Å². The van der Waals surface area contributed by atoms with E-state index in [2.05, 4.69) is 0 Å². The lowest BCUT2D eigenvalue weighted by Gasteiger charge is -2.33. The molecule has 0 aromatic heterocycles. The smallest absolute Gasteiger partial charge is 0.268 e. The summed E-state index contributed by atoms with van der Waals surface area (Å²) in [6.45, 7) is 0.840. The first-order valence-electron chi connectivity index (χ1n) is 9.89. The quantitative estimate of drug-likeness (QED) is 0.503. The van der Waals surface area contributed by atoms with E-state index in [-0.39, 0.29) is 11.8 Å². The summed E-state index contributed by atoms with van der Waals surface area (Å²) in [5.74, 6) is 0.391. The number of rotatable bonds is 3. The van der Waals surface area contributed by atoms with Gasteiger partial charge in [-0.05, 0) is 42.0 Å². The Balaban J connectivity index is 1.58. The third-order valence-corrected chi connectivity index (χ3v) is 7.76. The maximum Gasteiger partial charge on any atom is 0.268 e. The number of thioether (sulfide) groups is 1. The Labute approximate surface area is 194 Å². The summed E-state index contributed by atoms with van der Waals surface area (Å²) in [5, 5.41) is 1.18. The molecule has 1 unspecified atom stereocenters. The molecule has 0 aliphatic carbocycles. The Hall–Kier alpha value is -2.47. The Morgan fingerprint density at radius 1 is 0.968 bits per heavy atom. The Kier molecular flexibility index (Phi) is 5.21. The van der Waals surface area contributed by atoms with Gasteiger partial charge >= 0.3 is 0 Å². The lowest BCUT2D eigenvalue weighted by Crippen LogP contribution is -2.50. The zero-order valence-corrected chi connectivity index (χ0v) is 18.8. The first-order valence-corrected chi connectivity index (χ1v) is 11.6. The van der Waals surface area contributed by atoms with Crippen LogP contribution in [0.15, 0.2) is 72.8 Å². The van der Waals surface area contributed by atoms with Crippen molar-refractivity contribution in [3.63, 3.8) is 0 Å². The summed E-state index contributed by atoms with van der Waals surface area (Å²) in [4.78, 5) is 29.8. The minimum absolute atomic E-state index is 0.113. The van der Waals surface area contributed by atoms with E-state index in [0.717, 1.165) is 16.8 Å². The predicted molar refractivity (Wildman–Crippen MR) is 126 cm³/mol. The van der Waals surface area contributed by atoms with E-state index in [4.69, 9.17) is 23.2 Å². The van der Waals surface area contributed by atoms with Gasteiger partial charge in [-0.25, -0.2) is 0 Å². The minimum atomic E-state index is -1.07. The molecule has 31 heavy (non-hydrogen) atoms. The second-order valence-electron chi connectivity index (χ2n) is 7.46. The van der Waals surface area contributed by atoms with Crippen molar-refractivity contribution in [2.45, 2.75) is 11.4 Å². The van der Waals surface area contributed by atoms with Gasteiger partial charge in [-0.15, -0.1) is 11.8 Å². The van der Waals surface area contributed by atoms with Gasteiger partial charge in [0, 0.05) is 33.5 Å². The molecule has 3 aromatic carbocycles. The maximum atomic E-state index is 13.9. The summed E-state index contributed by atoms with van der Waals surface area (Å²) in [6, 6.07) is 22.0. The first-order chi connectivity index (χ1) is 15.0. The van der Waals surface area contributed by atoms with E-state index in [1.807, 2.05) is 48.5 Å². The molecule has 7 heteroatoms.